The van der Waals surface area contributed by atoms with Crippen molar-refractivity contribution in [3.63, 3.8) is 0 Å². The van der Waals surface area contributed by atoms with E-state index in [0.29, 0.717) is 5.75 Å². The molecule has 4 aromatic heterocycles. The van der Waals surface area contributed by atoms with Crippen LogP contribution in [0.15, 0.2) is 134 Å². The van der Waals surface area contributed by atoms with E-state index in [4.69, 9.17) is 9.72 Å². The van der Waals surface area contributed by atoms with E-state index < -0.39 is 0 Å². The number of hydrogen-bond donors (Lipinski definition) is 0. The molecule has 5 aromatic carbocycles. The molecule has 0 fully saturated rings. The molecule has 0 bridgehead atoms. The van der Waals surface area contributed by atoms with Crippen LogP contribution in [-0.2, 0) is 0 Å². The van der Waals surface area contributed by atoms with Crippen molar-refractivity contribution in [2.45, 2.75) is 13.8 Å². The van der Waals surface area contributed by atoms with Crippen molar-refractivity contribution in [1.29, 1.82) is 0 Å². The van der Waals surface area contributed by atoms with Gasteiger partial charge in [0.2, 0.25) is 0 Å². The van der Waals surface area contributed by atoms with Gasteiger partial charge in [-0.25, -0.2) is 4.98 Å². The van der Waals surface area contributed by atoms with Gasteiger partial charge in [-0.05, 0) is 61.4 Å². The smallest absolute Gasteiger partial charge is 0.139 e. The van der Waals surface area contributed by atoms with Gasteiger partial charge in [-0.15, -0.1) is 0 Å². The number of benzene rings is 5. The monoisotopic (exact) mass is 596 g/mol. The van der Waals surface area contributed by atoms with Gasteiger partial charge in [0.05, 0.1) is 45.8 Å². The molecule has 0 N–H and O–H groups in total. The molecule has 0 saturated heterocycles. The molecule has 7 heteroatoms. The van der Waals surface area contributed by atoms with Crippen LogP contribution in [0.1, 0.15) is 11.1 Å². The first kappa shape index (κ1) is 26.2. The molecule has 0 saturated carbocycles. The Morgan fingerprint density at radius 2 is 1.17 bits per heavy atom. The van der Waals surface area contributed by atoms with E-state index in [1.165, 1.54) is 32.9 Å². The van der Waals surface area contributed by atoms with Crippen molar-refractivity contribution < 1.29 is 4.74 Å². The van der Waals surface area contributed by atoms with Crippen LogP contribution in [0.25, 0.3) is 60.8 Å². The molecule has 9 aromatic rings. The summed E-state index contributed by atoms with van der Waals surface area (Å²) in [5.74, 6) is 2.27. The molecule has 0 unspecified atom stereocenters. The molecule has 46 heavy (non-hydrogen) atoms. The van der Waals surface area contributed by atoms with Crippen molar-refractivity contribution in [1.82, 2.24) is 29.1 Å². The second-order valence-corrected chi connectivity index (χ2v) is 11.6. The quantitative estimate of drug-likeness (QED) is 0.199. The molecule has 0 atom stereocenters. The topological polar surface area (TPSA) is 62.7 Å². The number of hydrogen-bond acceptors (Lipinski definition) is 4. The lowest BCUT2D eigenvalue weighted by Crippen LogP contribution is -2.02. The van der Waals surface area contributed by atoms with Crippen molar-refractivity contribution in [2.24, 2.45) is 0 Å². The van der Waals surface area contributed by atoms with Crippen LogP contribution in [-0.4, -0.2) is 29.1 Å². The van der Waals surface area contributed by atoms with E-state index in [1.807, 2.05) is 36.5 Å². The summed E-state index contributed by atoms with van der Waals surface area (Å²) in [7, 11) is 0. The number of fused-ring (bicyclic) bond motifs is 6. The van der Waals surface area contributed by atoms with Crippen molar-refractivity contribution in [2.75, 3.05) is 0 Å². The molecular formula is C39H28N6O. The van der Waals surface area contributed by atoms with Gasteiger partial charge >= 0.3 is 0 Å². The van der Waals surface area contributed by atoms with Gasteiger partial charge in [0.25, 0.3) is 0 Å². The third-order valence-electron chi connectivity index (χ3n) is 8.78. The van der Waals surface area contributed by atoms with Gasteiger partial charge in [0.1, 0.15) is 17.3 Å². The Bertz CT molecular complexity index is 2530. The van der Waals surface area contributed by atoms with Crippen LogP contribution in [0.4, 0.5) is 0 Å². The second-order valence-electron chi connectivity index (χ2n) is 11.6. The number of ether oxygens (including phenoxy) is 1. The number of pyridine rings is 1. The molecular weight excluding hydrogens is 568 g/mol. The van der Waals surface area contributed by atoms with Gasteiger partial charge in [-0.3, -0.25) is 4.57 Å². The van der Waals surface area contributed by atoms with Crippen LogP contribution in [0.2, 0.25) is 0 Å². The summed E-state index contributed by atoms with van der Waals surface area (Å²) in [5.41, 5.74) is 8.90. The molecule has 0 amide bonds. The standard InChI is InChI=1S/C39H28N6O/c1-25-8-5-13-33-34-14-6-9-26(2)39(34)43(38(25)33)27-18-19-40-37(23-27)44-35-15-4-3-12-31(35)32-17-16-30(24-36(32)44)46-29-11-7-10-28(22-29)45-41-20-21-42-45/h3-24H,1-2H3. The molecule has 4 heterocycles. The SMILES string of the molecule is Cc1cccc2c3cccc(C)c3n(-c3ccnc(-n4c5ccccc5c5ccc(Oc6cccc(-n7nccn7)c6)cc54)c3)c12. The Morgan fingerprint density at radius 3 is 1.96 bits per heavy atom. The summed E-state index contributed by atoms with van der Waals surface area (Å²) in [6.07, 6.45) is 5.23. The van der Waals surface area contributed by atoms with E-state index in [-0.39, 0.29) is 0 Å². The minimum absolute atomic E-state index is 0.703. The van der Waals surface area contributed by atoms with Crippen LogP contribution in [0.5, 0.6) is 11.5 Å². The first-order valence-corrected chi connectivity index (χ1v) is 15.3. The number of nitrogens with zero attached hydrogens (tertiary/aromatic N) is 6. The Balaban J connectivity index is 1.23. The lowest BCUT2D eigenvalue weighted by Gasteiger charge is -2.14. The minimum atomic E-state index is 0.703. The Hall–Kier alpha value is -6.21. The molecule has 220 valence electrons. The molecule has 0 aliphatic carbocycles. The van der Waals surface area contributed by atoms with Crippen LogP contribution < -0.4 is 4.74 Å². The largest absolute Gasteiger partial charge is 0.457 e. The van der Waals surface area contributed by atoms with Gasteiger partial charge in [0, 0.05) is 45.9 Å². The highest BCUT2D eigenvalue weighted by Gasteiger charge is 2.18. The maximum absolute atomic E-state index is 6.41. The van der Waals surface area contributed by atoms with E-state index in [1.54, 1.807) is 17.2 Å². The predicted molar refractivity (Wildman–Crippen MR) is 184 cm³/mol. The first-order valence-electron chi connectivity index (χ1n) is 15.3. The summed E-state index contributed by atoms with van der Waals surface area (Å²) in [4.78, 5) is 6.52. The van der Waals surface area contributed by atoms with E-state index in [9.17, 15) is 0 Å². The van der Waals surface area contributed by atoms with E-state index in [2.05, 4.69) is 118 Å². The number of para-hydroxylation sites is 3. The van der Waals surface area contributed by atoms with Gasteiger partial charge in [-0.2, -0.15) is 15.0 Å². The zero-order valence-corrected chi connectivity index (χ0v) is 25.3. The zero-order chi connectivity index (χ0) is 30.8. The summed E-state index contributed by atoms with van der Waals surface area (Å²) in [6, 6.07) is 39.9. The summed E-state index contributed by atoms with van der Waals surface area (Å²) in [5, 5.41) is 13.3. The first-order chi connectivity index (χ1) is 22.6. The fourth-order valence-electron chi connectivity index (χ4n) is 6.80. The summed E-state index contributed by atoms with van der Waals surface area (Å²) < 4.78 is 11.0. The minimum Gasteiger partial charge on any atom is -0.457 e. The predicted octanol–water partition coefficient (Wildman–Crippen LogP) is 9.27. The summed E-state index contributed by atoms with van der Waals surface area (Å²) in [6.45, 7) is 4.37. The molecule has 0 radical (unpaired) electrons. The molecule has 9 rings (SSSR count). The highest BCUT2D eigenvalue weighted by Crippen LogP contribution is 2.38. The Kier molecular flexibility index (Phi) is 5.80. The average Bonchev–Trinajstić information content (AvgIpc) is 3.82. The lowest BCUT2D eigenvalue weighted by molar-refractivity contribution is 0.482. The molecule has 0 aliphatic rings. The van der Waals surface area contributed by atoms with E-state index in [0.717, 1.165) is 44.7 Å². The number of aromatic nitrogens is 6. The Morgan fingerprint density at radius 1 is 0.500 bits per heavy atom. The number of aryl methyl sites for hydroxylation is 2. The fourth-order valence-corrected chi connectivity index (χ4v) is 6.80. The van der Waals surface area contributed by atoms with E-state index >= 15 is 0 Å². The fraction of sp³-hybridized carbons (Fsp3) is 0.0513. The van der Waals surface area contributed by atoms with Crippen LogP contribution in [0.3, 0.4) is 0 Å². The third-order valence-corrected chi connectivity index (χ3v) is 8.78. The van der Waals surface area contributed by atoms with Gasteiger partial charge in [0.15, 0.2) is 0 Å². The maximum atomic E-state index is 6.41. The zero-order valence-electron chi connectivity index (χ0n) is 25.3. The maximum Gasteiger partial charge on any atom is 0.139 e. The van der Waals surface area contributed by atoms with Crippen LogP contribution >= 0.6 is 0 Å². The normalized spacial score (nSPS) is 11.7. The van der Waals surface area contributed by atoms with Gasteiger partial charge < -0.3 is 9.30 Å². The summed E-state index contributed by atoms with van der Waals surface area (Å²) >= 11 is 0. The van der Waals surface area contributed by atoms with Crippen molar-refractivity contribution >= 4 is 43.6 Å². The lowest BCUT2D eigenvalue weighted by atomic mass is 10.1. The van der Waals surface area contributed by atoms with Crippen molar-refractivity contribution in [3.05, 3.63) is 145 Å². The second kappa shape index (κ2) is 10.2. The third kappa shape index (κ3) is 4.02. The highest BCUT2D eigenvalue weighted by atomic mass is 16.5. The average molecular weight is 597 g/mol. The Labute approximate surface area is 264 Å². The molecule has 7 nitrogen and oxygen atoms in total. The molecule has 0 spiro atoms. The molecule has 0 aliphatic heterocycles. The van der Waals surface area contributed by atoms with Crippen LogP contribution in [0, 0.1) is 13.8 Å². The van der Waals surface area contributed by atoms with Crippen molar-refractivity contribution in [3.8, 4) is 28.7 Å². The number of rotatable bonds is 5. The van der Waals surface area contributed by atoms with Gasteiger partial charge in [-0.1, -0.05) is 60.7 Å². The highest BCUT2D eigenvalue weighted by molar-refractivity contribution is 6.12.